The van der Waals surface area contributed by atoms with E-state index in [-0.39, 0.29) is 12.1 Å². The van der Waals surface area contributed by atoms with Crippen LogP contribution >= 0.6 is 0 Å². The fourth-order valence-electron chi connectivity index (χ4n) is 2.29. The molecule has 19 heavy (non-hydrogen) atoms. The van der Waals surface area contributed by atoms with Crippen LogP contribution in [0.2, 0.25) is 0 Å². The van der Waals surface area contributed by atoms with Crippen molar-refractivity contribution >= 4 is 10.0 Å². The molecule has 1 aromatic rings. The fraction of sp³-hybridized carbons (Fsp3) is 0.692. The Morgan fingerprint density at radius 2 is 2.05 bits per heavy atom. The van der Waals surface area contributed by atoms with Gasteiger partial charge in [0, 0.05) is 30.5 Å². The molecule has 1 atom stereocenters. The van der Waals surface area contributed by atoms with Gasteiger partial charge in [0.1, 0.15) is 0 Å². The summed E-state index contributed by atoms with van der Waals surface area (Å²) in [5.74, 6) is 0.496. The maximum atomic E-state index is 12.3. The number of nitrogens with zero attached hydrogens (tertiary/aromatic N) is 1. The van der Waals surface area contributed by atoms with E-state index >= 15 is 0 Å². The van der Waals surface area contributed by atoms with Crippen LogP contribution in [0.5, 0.6) is 0 Å². The lowest BCUT2D eigenvalue weighted by Crippen LogP contribution is -2.33. The molecule has 5 nitrogen and oxygen atoms in total. The first kappa shape index (κ1) is 14.6. The molecule has 2 rings (SSSR count). The van der Waals surface area contributed by atoms with E-state index in [1.54, 1.807) is 12.3 Å². The third kappa shape index (κ3) is 3.19. The number of sulfonamides is 1. The van der Waals surface area contributed by atoms with Crippen molar-refractivity contribution in [3.05, 3.63) is 18.0 Å². The van der Waals surface area contributed by atoms with Crippen molar-refractivity contribution in [3.63, 3.8) is 0 Å². The van der Waals surface area contributed by atoms with E-state index < -0.39 is 10.0 Å². The summed E-state index contributed by atoms with van der Waals surface area (Å²) < 4.78 is 29.3. The van der Waals surface area contributed by atoms with Gasteiger partial charge in [-0.25, -0.2) is 13.1 Å². The van der Waals surface area contributed by atoms with Crippen molar-refractivity contribution in [2.24, 2.45) is 11.7 Å². The number of aromatic nitrogens is 1. The highest BCUT2D eigenvalue weighted by Gasteiger charge is 2.31. The molecular formula is C13H23N3O2S. The molecule has 3 N–H and O–H groups in total. The molecule has 1 aromatic heterocycles. The van der Waals surface area contributed by atoms with Crippen LogP contribution in [0.1, 0.15) is 45.3 Å². The van der Waals surface area contributed by atoms with Crippen molar-refractivity contribution in [1.29, 1.82) is 0 Å². The van der Waals surface area contributed by atoms with E-state index in [9.17, 15) is 8.42 Å². The van der Waals surface area contributed by atoms with E-state index in [2.05, 4.69) is 4.72 Å². The maximum Gasteiger partial charge on any atom is 0.242 e. The summed E-state index contributed by atoms with van der Waals surface area (Å²) in [5, 5.41) is 0. The van der Waals surface area contributed by atoms with Gasteiger partial charge in [0.25, 0.3) is 0 Å². The number of hydrogen-bond donors (Lipinski definition) is 2. The Labute approximate surface area is 115 Å². The van der Waals surface area contributed by atoms with Crippen molar-refractivity contribution in [3.8, 4) is 0 Å². The third-order valence-corrected chi connectivity index (χ3v) is 5.18. The lowest BCUT2D eigenvalue weighted by atomic mass is 10.2. The third-order valence-electron chi connectivity index (χ3n) is 3.65. The fourth-order valence-corrected chi connectivity index (χ4v) is 3.65. The van der Waals surface area contributed by atoms with Crippen LogP contribution < -0.4 is 10.5 Å². The van der Waals surface area contributed by atoms with Gasteiger partial charge in [-0.15, -0.1) is 0 Å². The van der Waals surface area contributed by atoms with Crippen molar-refractivity contribution in [2.45, 2.75) is 57.1 Å². The quantitative estimate of drug-likeness (QED) is 0.833. The molecule has 0 saturated heterocycles. The monoisotopic (exact) mass is 285 g/mol. The SMILES string of the molecule is CC(NS(=O)(=O)c1cc(CN)n(C(C)C)c1)C1CC1. The highest BCUT2D eigenvalue weighted by Crippen LogP contribution is 2.33. The van der Waals surface area contributed by atoms with Crippen LogP contribution in [0.4, 0.5) is 0 Å². The molecule has 0 spiro atoms. The van der Waals surface area contributed by atoms with E-state index in [0.717, 1.165) is 18.5 Å². The summed E-state index contributed by atoms with van der Waals surface area (Å²) >= 11 is 0. The lowest BCUT2D eigenvalue weighted by molar-refractivity contribution is 0.536. The van der Waals surface area contributed by atoms with Crippen LogP contribution in [0, 0.1) is 5.92 Å². The van der Waals surface area contributed by atoms with Gasteiger partial charge >= 0.3 is 0 Å². The van der Waals surface area contributed by atoms with Gasteiger partial charge in [0.15, 0.2) is 0 Å². The average Bonchev–Trinajstić information content (AvgIpc) is 3.06. The van der Waals surface area contributed by atoms with E-state index in [4.69, 9.17) is 5.73 Å². The van der Waals surface area contributed by atoms with Crippen molar-refractivity contribution in [2.75, 3.05) is 0 Å². The Morgan fingerprint density at radius 1 is 1.42 bits per heavy atom. The van der Waals surface area contributed by atoms with Crippen LogP contribution in [-0.2, 0) is 16.6 Å². The number of nitrogens with one attached hydrogen (secondary N) is 1. The smallest absolute Gasteiger partial charge is 0.242 e. The summed E-state index contributed by atoms with van der Waals surface area (Å²) in [6.07, 6.45) is 3.91. The zero-order valence-electron chi connectivity index (χ0n) is 11.8. The largest absolute Gasteiger partial charge is 0.346 e. The minimum atomic E-state index is -3.44. The Kier molecular flexibility index (Phi) is 4.03. The first-order valence-corrected chi connectivity index (χ1v) is 8.26. The molecule has 1 fully saturated rings. The normalized spacial score (nSPS) is 17.9. The highest BCUT2D eigenvalue weighted by molar-refractivity contribution is 7.89. The van der Waals surface area contributed by atoms with Crippen molar-refractivity contribution in [1.82, 2.24) is 9.29 Å². The first-order chi connectivity index (χ1) is 8.85. The summed E-state index contributed by atoms with van der Waals surface area (Å²) in [6, 6.07) is 1.87. The highest BCUT2D eigenvalue weighted by atomic mass is 32.2. The molecule has 0 bridgehead atoms. The zero-order valence-corrected chi connectivity index (χ0v) is 12.6. The first-order valence-electron chi connectivity index (χ1n) is 6.78. The van der Waals surface area contributed by atoms with E-state index in [0.29, 0.717) is 17.4 Å². The molecule has 1 heterocycles. The van der Waals surface area contributed by atoms with Crippen molar-refractivity contribution < 1.29 is 8.42 Å². The minimum Gasteiger partial charge on any atom is -0.346 e. The van der Waals surface area contributed by atoms with Gasteiger partial charge in [-0.2, -0.15) is 0 Å². The molecule has 1 saturated carbocycles. The molecular weight excluding hydrogens is 262 g/mol. The maximum absolute atomic E-state index is 12.3. The zero-order chi connectivity index (χ0) is 14.2. The molecule has 0 amide bonds. The predicted molar refractivity (Wildman–Crippen MR) is 75.2 cm³/mol. The van der Waals surface area contributed by atoms with Crippen LogP contribution in [0.15, 0.2) is 17.2 Å². The van der Waals surface area contributed by atoms with Gasteiger partial charge in [0.2, 0.25) is 10.0 Å². The standard InChI is InChI=1S/C13H23N3O2S/c1-9(2)16-8-13(6-12(16)7-14)19(17,18)15-10(3)11-4-5-11/h6,8-11,15H,4-5,7,14H2,1-3H3. The van der Waals surface area contributed by atoms with Crippen LogP contribution in [0.3, 0.4) is 0 Å². The van der Waals surface area contributed by atoms with Gasteiger partial charge in [-0.3, -0.25) is 0 Å². The second kappa shape index (κ2) is 5.26. The summed E-state index contributed by atoms with van der Waals surface area (Å²) in [7, 11) is -3.44. The Bertz CT molecular complexity index is 544. The summed E-state index contributed by atoms with van der Waals surface area (Å²) in [4.78, 5) is 0.314. The summed E-state index contributed by atoms with van der Waals surface area (Å²) in [6.45, 7) is 6.29. The van der Waals surface area contributed by atoms with Gasteiger partial charge in [0.05, 0.1) is 4.90 Å². The number of rotatable bonds is 6. The molecule has 6 heteroatoms. The van der Waals surface area contributed by atoms with E-state index in [1.807, 2.05) is 25.3 Å². The lowest BCUT2D eigenvalue weighted by Gasteiger charge is -2.12. The number of nitrogens with two attached hydrogens (primary N) is 1. The number of hydrogen-bond acceptors (Lipinski definition) is 3. The Morgan fingerprint density at radius 3 is 2.47 bits per heavy atom. The minimum absolute atomic E-state index is 0.00808. The molecule has 0 radical (unpaired) electrons. The Balaban J connectivity index is 2.24. The molecule has 0 aromatic carbocycles. The molecule has 0 aliphatic heterocycles. The van der Waals surface area contributed by atoms with Gasteiger partial charge in [-0.05, 0) is 45.6 Å². The molecule has 108 valence electrons. The van der Waals surface area contributed by atoms with E-state index in [1.165, 1.54) is 0 Å². The van der Waals surface area contributed by atoms with Gasteiger partial charge < -0.3 is 10.3 Å². The Hall–Kier alpha value is -0.850. The van der Waals surface area contributed by atoms with Crippen LogP contribution in [-0.4, -0.2) is 19.0 Å². The second-order valence-corrected chi connectivity index (χ2v) is 7.33. The second-order valence-electron chi connectivity index (χ2n) is 5.62. The molecule has 1 aliphatic rings. The molecule has 1 aliphatic carbocycles. The molecule has 1 unspecified atom stereocenters. The predicted octanol–water partition coefficient (Wildman–Crippen LogP) is 1.60. The van der Waals surface area contributed by atoms with Gasteiger partial charge in [-0.1, -0.05) is 0 Å². The average molecular weight is 285 g/mol. The van der Waals surface area contributed by atoms with Crippen LogP contribution in [0.25, 0.3) is 0 Å². The topological polar surface area (TPSA) is 77.1 Å². The summed E-state index contributed by atoms with van der Waals surface area (Å²) in [5.41, 5.74) is 6.51.